The van der Waals surface area contributed by atoms with Gasteiger partial charge in [-0.15, -0.1) is 0 Å². The van der Waals surface area contributed by atoms with E-state index in [1.165, 1.54) is 6.07 Å². The highest BCUT2D eigenvalue weighted by Crippen LogP contribution is 2.22. The smallest absolute Gasteiger partial charge is 0.480 e. The summed E-state index contributed by atoms with van der Waals surface area (Å²) < 4.78 is 52.0. The Balaban J connectivity index is 0.000000587. The van der Waals surface area contributed by atoms with Gasteiger partial charge >= 0.3 is 24.1 Å². The number of carbonyl (C=O) groups is 3. The molecule has 192 valence electrons. The quantitative estimate of drug-likeness (QED) is 0.152. The van der Waals surface area contributed by atoms with Gasteiger partial charge in [0.15, 0.2) is 0 Å². The van der Waals surface area contributed by atoms with Gasteiger partial charge in [0.25, 0.3) is 0 Å². The molecule has 2 aromatic rings. The lowest BCUT2D eigenvalue weighted by atomic mass is 10.2. The van der Waals surface area contributed by atoms with Crippen molar-refractivity contribution >= 4 is 23.7 Å². The number of halogens is 4. The van der Waals surface area contributed by atoms with E-state index in [4.69, 9.17) is 30.2 Å². The average molecular weight is 505 g/mol. The number of amidine groups is 1. The minimum atomic E-state index is -5.08. The Morgan fingerprint density at radius 1 is 1.14 bits per heavy atom. The maximum atomic E-state index is 12.2. The highest BCUT2D eigenvalue weighted by atomic mass is 19.4. The molecule has 10 nitrogen and oxygen atoms in total. The first-order chi connectivity index (χ1) is 16.4. The van der Waals surface area contributed by atoms with Gasteiger partial charge in [0.05, 0.1) is 13.7 Å². The van der Waals surface area contributed by atoms with E-state index in [9.17, 15) is 32.3 Å². The van der Waals surface area contributed by atoms with Crippen LogP contribution in [0.25, 0.3) is 0 Å². The third-order valence-corrected chi connectivity index (χ3v) is 4.49. The molecule has 35 heavy (non-hydrogen) atoms. The second kappa shape index (κ2) is 13.1. The van der Waals surface area contributed by atoms with Crippen LogP contribution in [-0.4, -0.2) is 64.8 Å². The van der Waals surface area contributed by atoms with Gasteiger partial charge in [-0.3, -0.25) is 19.5 Å². The molecule has 1 aliphatic heterocycles. The molecule has 0 amide bonds. The first-order valence-electron chi connectivity index (χ1n) is 9.78. The van der Waals surface area contributed by atoms with Crippen LogP contribution in [0.15, 0.2) is 40.8 Å². The molecule has 5 N–H and O–H groups in total. The third-order valence-electron chi connectivity index (χ3n) is 4.49. The van der Waals surface area contributed by atoms with Crippen LogP contribution in [0, 0.1) is 5.41 Å². The van der Waals surface area contributed by atoms with Gasteiger partial charge in [-0.05, 0) is 55.8 Å². The zero-order chi connectivity index (χ0) is 26.8. The van der Waals surface area contributed by atoms with Crippen LogP contribution < -0.4 is 10.5 Å². The van der Waals surface area contributed by atoms with Crippen molar-refractivity contribution in [2.24, 2.45) is 5.73 Å². The Morgan fingerprint density at radius 3 is 2.20 bits per heavy atom. The maximum absolute atomic E-state index is 12.2. The Hall–Kier alpha value is -3.94. The molecule has 0 radical (unpaired) electrons. The number of likely N-dealkylation sites (tertiary alicyclic amines) is 1. The van der Waals surface area contributed by atoms with Gasteiger partial charge < -0.3 is 25.1 Å². The van der Waals surface area contributed by atoms with Crippen LogP contribution in [0.5, 0.6) is 5.75 Å². The van der Waals surface area contributed by atoms with Crippen molar-refractivity contribution < 1.29 is 51.3 Å². The van der Waals surface area contributed by atoms with E-state index in [0.717, 1.165) is 6.42 Å². The molecule has 0 saturated carbocycles. The molecule has 14 heteroatoms. The van der Waals surface area contributed by atoms with Crippen molar-refractivity contribution in [3.05, 3.63) is 53.5 Å². The molecule has 1 aromatic carbocycles. The lowest BCUT2D eigenvalue weighted by Crippen LogP contribution is -2.35. The molecule has 1 aliphatic rings. The second-order valence-corrected chi connectivity index (χ2v) is 6.86. The van der Waals surface area contributed by atoms with E-state index < -0.39 is 30.1 Å². The molecule has 3 rings (SSSR count). The van der Waals surface area contributed by atoms with Crippen LogP contribution in [-0.2, 0) is 16.1 Å². The van der Waals surface area contributed by atoms with Crippen LogP contribution in [0.3, 0.4) is 0 Å². The molecular formula is C21H23F4N3O7. The number of nitrogens with one attached hydrogen (secondary N) is 1. The fourth-order valence-corrected chi connectivity index (χ4v) is 2.93. The van der Waals surface area contributed by atoms with Crippen molar-refractivity contribution in [2.45, 2.75) is 31.6 Å². The van der Waals surface area contributed by atoms with Crippen LogP contribution in [0.1, 0.15) is 34.7 Å². The summed E-state index contributed by atoms with van der Waals surface area (Å²) in [4.78, 5) is 34.1. The fraction of sp³-hybridized carbons (Fsp3) is 0.333. The zero-order valence-corrected chi connectivity index (χ0v) is 18.3. The molecule has 2 heterocycles. The standard InChI is InChI=1S/C18H19N3O5.C2HF3O2.CH3F/c19-16(20)11-3-5-12(6-4-11)26-18(24)15-8-7-13(25-15)10-21-9-1-2-14(21)17(22)23;3-2(4,5)1(6)7;1-2/h3-8,14H,1-2,9-10H2,(H3,19,20)(H,22,23);(H,6,7);1H3/t14-;;/m0../s1. The number of aliphatic carboxylic acids is 2. The molecule has 1 aromatic heterocycles. The van der Waals surface area contributed by atoms with Gasteiger partial charge in [-0.2, -0.15) is 13.2 Å². The number of nitrogens with two attached hydrogens (primary N) is 1. The number of hydrogen-bond acceptors (Lipinski definition) is 7. The minimum absolute atomic E-state index is 0.0433. The number of alkyl halides is 4. The van der Waals surface area contributed by atoms with Crippen molar-refractivity contribution in [3.63, 3.8) is 0 Å². The zero-order valence-electron chi connectivity index (χ0n) is 18.3. The van der Waals surface area contributed by atoms with Gasteiger partial charge in [0, 0.05) is 5.56 Å². The number of carbonyl (C=O) groups excluding carboxylic acids is 1. The molecule has 0 aliphatic carbocycles. The summed E-state index contributed by atoms with van der Waals surface area (Å²) in [5.41, 5.74) is 5.91. The monoisotopic (exact) mass is 505 g/mol. The highest BCUT2D eigenvalue weighted by molar-refractivity contribution is 5.95. The Morgan fingerprint density at radius 2 is 1.71 bits per heavy atom. The molecule has 1 saturated heterocycles. The fourth-order valence-electron chi connectivity index (χ4n) is 2.93. The summed E-state index contributed by atoms with van der Waals surface area (Å²) in [6, 6.07) is 8.88. The summed E-state index contributed by atoms with van der Waals surface area (Å²) in [5.74, 6) is -3.46. The van der Waals surface area contributed by atoms with Gasteiger partial charge in [-0.1, -0.05) is 0 Å². The van der Waals surface area contributed by atoms with E-state index in [-0.39, 0.29) is 11.6 Å². The van der Waals surface area contributed by atoms with Crippen molar-refractivity contribution in [2.75, 3.05) is 13.7 Å². The van der Waals surface area contributed by atoms with Crippen molar-refractivity contribution in [1.82, 2.24) is 4.90 Å². The summed E-state index contributed by atoms with van der Waals surface area (Å²) in [6.07, 6.45) is -3.65. The number of nitrogen functional groups attached to an aromatic ring is 1. The number of rotatable bonds is 6. The minimum Gasteiger partial charge on any atom is -0.480 e. The third kappa shape index (κ3) is 9.08. The summed E-state index contributed by atoms with van der Waals surface area (Å²) in [7, 11) is 0.500. The molecule has 0 spiro atoms. The molecule has 0 bridgehead atoms. The van der Waals surface area contributed by atoms with Crippen molar-refractivity contribution in [1.29, 1.82) is 5.41 Å². The van der Waals surface area contributed by atoms with Crippen LogP contribution in [0.4, 0.5) is 17.6 Å². The molecular weight excluding hydrogens is 482 g/mol. The van der Waals surface area contributed by atoms with Crippen LogP contribution in [0.2, 0.25) is 0 Å². The highest BCUT2D eigenvalue weighted by Gasteiger charge is 2.38. The SMILES string of the molecule is CF.N=C(N)c1ccc(OC(=O)c2ccc(CN3CCC[C@H]3C(=O)O)o2)cc1.O=C(O)C(F)(F)F. The Kier molecular flexibility index (Phi) is 10.9. The number of esters is 1. The number of nitrogens with zero attached hydrogens (tertiary/aromatic N) is 1. The number of furan rings is 1. The lowest BCUT2D eigenvalue weighted by Gasteiger charge is -2.19. The largest absolute Gasteiger partial charge is 0.490 e. The molecule has 1 atom stereocenters. The second-order valence-electron chi connectivity index (χ2n) is 6.86. The number of ether oxygens (including phenoxy) is 1. The van der Waals surface area contributed by atoms with E-state index >= 15 is 0 Å². The summed E-state index contributed by atoms with van der Waals surface area (Å²) in [5, 5.41) is 23.7. The first kappa shape index (κ1) is 29.1. The average Bonchev–Trinajstić information content (AvgIpc) is 3.45. The van der Waals surface area contributed by atoms with E-state index in [2.05, 4.69) is 0 Å². The van der Waals surface area contributed by atoms with E-state index in [1.54, 1.807) is 30.3 Å². The van der Waals surface area contributed by atoms with E-state index in [1.807, 2.05) is 4.90 Å². The Labute approximate surface area is 196 Å². The number of benzene rings is 1. The number of carboxylic acids is 2. The van der Waals surface area contributed by atoms with Crippen LogP contribution >= 0.6 is 0 Å². The Bertz CT molecular complexity index is 1020. The van der Waals surface area contributed by atoms with E-state index in [0.29, 0.717) is 43.8 Å². The predicted octanol–water partition coefficient (Wildman–Crippen LogP) is 3.05. The normalized spacial score (nSPS) is 15.2. The van der Waals surface area contributed by atoms with Gasteiger partial charge in [0.2, 0.25) is 5.76 Å². The van der Waals surface area contributed by atoms with Crippen molar-refractivity contribution in [3.8, 4) is 5.75 Å². The number of hydrogen-bond donors (Lipinski definition) is 4. The topological polar surface area (TPSA) is 167 Å². The number of carboxylic acid groups (broad SMARTS) is 2. The molecule has 0 unspecified atom stereocenters. The van der Waals surface area contributed by atoms with Gasteiger partial charge in [0.1, 0.15) is 23.4 Å². The summed E-state index contributed by atoms with van der Waals surface area (Å²) in [6.45, 7) is 1.01. The van der Waals surface area contributed by atoms with Gasteiger partial charge in [-0.25, -0.2) is 9.59 Å². The molecule has 1 fully saturated rings. The maximum Gasteiger partial charge on any atom is 0.490 e. The lowest BCUT2D eigenvalue weighted by molar-refractivity contribution is -0.192. The first-order valence-corrected chi connectivity index (χ1v) is 9.78. The predicted molar refractivity (Wildman–Crippen MR) is 113 cm³/mol. The summed E-state index contributed by atoms with van der Waals surface area (Å²) >= 11 is 0.